The number of imide groups is 2. The Morgan fingerprint density at radius 2 is 1.02 bits per heavy atom. The first-order valence-electron chi connectivity index (χ1n) is 15.5. The molecule has 4 aromatic carbocycles. The van der Waals surface area contributed by atoms with Gasteiger partial charge in [-0.1, -0.05) is 109 Å². The van der Waals surface area contributed by atoms with Crippen LogP contribution in [0, 0.1) is 0 Å². The molecule has 4 aromatic rings. The van der Waals surface area contributed by atoms with E-state index in [2.05, 4.69) is 0 Å². The molecule has 0 radical (unpaired) electrons. The number of hydrogen-bond acceptors (Lipinski definition) is 8. The fraction of sp³-hybridized carbons (Fsp3) is 0.211. The van der Waals surface area contributed by atoms with Gasteiger partial charge in [-0.3, -0.25) is 33.8 Å². The van der Waals surface area contributed by atoms with Crippen LogP contribution in [0.4, 0.5) is 0 Å². The predicted molar refractivity (Wildman–Crippen MR) is 181 cm³/mol. The molecule has 0 bridgehead atoms. The van der Waals surface area contributed by atoms with Gasteiger partial charge in [0.25, 0.3) is 17.1 Å². The van der Waals surface area contributed by atoms with Crippen molar-refractivity contribution in [2.75, 3.05) is 0 Å². The summed E-state index contributed by atoms with van der Waals surface area (Å²) in [4.78, 5) is 72.7. The Hall–Kier alpha value is -5.45. The van der Waals surface area contributed by atoms with Crippen molar-refractivity contribution in [3.63, 3.8) is 0 Å². The van der Waals surface area contributed by atoms with E-state index in [4.69, 9.17) is 16.3 Å². The first-order chi connectivity index (χ1) is 23.5. The van der Waals surface area contributed by atoms with Crippen molar-refractivity contribution in [1.82, 2.24) is 9.80 Å². The van der Waals surface area contributed by atoms with Gasteiger partial charge < -0.3 is 9.84 Å². The third-order valence-electron chi connectivity index (χ3n) is 7.90. The third kappa shape index (κ3) is 9.34. The second-order valence-corrected chi connectivity index (χ2v) is 11.5. The van der Waals surface area contributed by atoms with Gasteiger partial charge in [0, 0.05) is 5.56 Å². The number of hydrogen-bond donors (Lipinski definition) is 1. The third-order valence-corrected chi connectivity index (χ3v) is 8.12. The van der Waals surface area contributed by atoms with Gasteiger partial charge in [-0.15, -0.1) is 0 Å². The molecule has 6 rings (SSSR count). The summed E-state index contributed by atoms with van der Waals surface area (Å²) in [5, 5.41) is 8.92. The normalized spacial score (nSPS) is 18.1. The molecule has 0 aliphatic carbocycles. The Kier molecular flexibility index (Phi) is 12.7. The topological polar surface area (TPSA) is 138 Å². The molecule has 1 N–H and O–H groups in total. The Bertz CT molecular complexity index is 1770. The first kappa shape index (κ1) is 36.4. The van der Waals surface area contributed by atoms with E-state index in [9.17, 15) is 33.9 Å². The molecule has 0 saturated carbocycles. The van der Waals surface area contributed by atoms with Crippen molar-refractivity contribution in [1.29, 1.82) is 0 Å². The molecule has 252 valence electrons. The van der Waals surface area contributed by atoms with Gasteiger partial charge in [0.2, 0.25) is 11.8 Å². The van der Waals surface area contributed by atoms with Gasteiger partial charge >= 0.3 is 5.97 Å². The molecule has 4 amide bonds. The Morgan fingerprint density at radius 3 is 1.41 bits per heavy atom. The van der Waals surface area contributed by atoms with Crippen molar-refractivity contribution in [2.24, 2.45) is 0 Å². The summed E-state index contributed by atoms with van der Waals surface area (Å²) < 4.78 is 5.25. The molecule has 11 heteroatoms. The monoisotopic (exact) mass is 682 g/mol. The van der Waals surface area contributed by atoms with Crippen LogP contribution in [-0.2, 0) is 23.9 Å². The Morgan fingerprint density at radius 1 is 0.633 bits per heavy atom. The quantitative estimate of drug-likeness (QED) is 0.150. The van der Waals surface area contributed by atoms with Crippen LogP contribution in [0.1, 0.15) is 70.6 Å². The van der Waals surface area contributed by atoms with Gasteiger partial charge in [0.1, 0.15) is 6.10 Å². The molecular formula is C38H35ClN2O8. The highest BCUT2D eigenvalue weighted by atomic mass is 35.5. The summed E-state index contributed by atoms with van der Waals surface area (Å²) in [7, 11) is 0. The van der Waals surface area contributed by atoms with Gasteiger partial charge in [-0.2, -0.15) is 0 Å². The molecule has 2 saturated heterocycles. The van der Waals surface area contributed by atoms with Crippen LogP contribution in [0.15, 0.2) is 121 Å². The summed E-state index contributed by atoms with van der Waals surface area (Å²) in [5.74, 6) is -2.21. The largest absolute Gasteiger partial charge is 0.448 e. The molecule has 0 aromatic heterocycles. The number of aliphatic hydroxyl groups is 1. The average Bonchev–Trinajstić information content (AvgIpc) is 3.55. The lowest BCUT2D eigenvalue weighted by atomic mass is 10.1. The maximum absolute atomic E-state index is 12.5. The molecule has 0 spiro atoms. The predicted octanol–water partition coefficient (Wildman–Crippen LogP) is 5.67. The number of carbonyl (C=O) groups is 6. The minimum Gasteiger partial charge on any atom is -0.448 e. The summed E-state index contributed by atoms with van der Waals surface area (Å²) in [6, 6.07) is 35.0. The van der Waals surface area contributed by atoms with Gasteiger partial charge in [-0.05, 0) is 48.7 Å². The van der Waals surface area contributed by atoms with Crippen molar-refractivity contribution in [3.8, 4) is 0 Å². The Labute approximate surface area is 288 Å². The highest BCUT2D eigenvalue weighted by molar-refractivity contribution is 6.67. The summed E-state index contributed by atoms with van der Waals surface area (Å²) in [5.41, 5.74) is 2.64. The van der Waals surface area contributed by atoms with Crippen LogP contribution in [0.25, 0.3) is 0 Å². The zero-order valence-corrected chi connectivity index (χ0v) is 27.6. The van der Waals surface area contributed by atoms with Gasteiger partial charge in [0.05, 0.1) is 30.5 Å². The zero-order chi connectivity index (χ0) is 35.5. The van der Waals surface area contributed by atoms with E-state index in [0.717, 1.165) is 16.0 Å². The number of likely N-dealkylation sites (tertiary alicyclic amines) is 2. The van der Waals surface area contributed by atoms with Crippen LogP contribution < -0.4 is 0 Å². The fourth-order valence-electron chi connectivity index (χ4n) is 5.26. The number of rotatable bonds is 7. The van der Waals surface area contributed by atoms with Crippen molar-refractivity contribution >= 4 is 46.4 Å². The molecule has 2 fully saturated rings. The van der Waals surface area contributed by atoms with Crippen LogP contribution in [0.3, 0.4) is 0 Å². The minimum absolute atomic E-state index is 0.101. The first-order valence-corrected chi connectivity index (χ1v) is 15.9. The van der Waals surface area contributed by atoms with E-state index in [1.54, 1.807) is 68.4 Å². The molecular weight excluding hydrogens is 648 g/mol. The highest BCUT2D eigenvalue weighted by Crippen LogP contribution is 2.29. The summed E-state index contributed by atoms with van der Waals surface area (Å²) in [6.45, 7) is 3.57. The van der Waals surface area contributed by atoms with E-state index >= 15 is 0 Å². The van der Waals surface area contributed by atoms with Gasteiger partial charge in [0.15, 0.2) is 6.10 Å². The number of esters is 1. The van der Waals surface area contributed by atoms with Crippen molar-refractivity contribution < 1.29 is 38.6 Å². The SMILES string of the molecule is CC(c1ccccc1)N1C(=O)C[C@@H](O)C1=O.CC(c1ccccc1)N1C(=O)C[C@@H](OC(=O)c2ccccc2)C1=O.O=C(Cl)c1ccccc1. The Balaban J connectivity index is 0.000000185. The van der Waals surface area contributed by atoms with E-state index in [1.165, 1.54) is 4.90 Å². The van der Waals surface area contributed by atoms with E-state index < -0.39 is 41.3 Å². The molecule has 2 unspecified atom stereocenters. The van der Waals surface area contributed by atoms with E-state index in [-0.39, 0.29) is 30.7 Å². The number of aliphatic hydroxyl groups excluding tert-OH is 1. The number of halogens is 1. The number of ether oxygens (including phenoxy) is 1. The maximum atomic E-state index is 12.5. The molecule has 2 heterocycles. The highest BCUT2D eigenvalue weighted by Gasteiger charge is 2.44. The second-order valence-electron chi connectivity index (χ2n) is 11.2. The van der Waals surface area contributed by atoms with Crippen LogP contribution >= 0.6 is 11.6 Å². The lowest BCUT2D eigenvalue weighted by molar-refractivity contribution is -0.144. The van der Waals surface area contributed by atoms with Crippen molar-refractivity contribution in [3.05, 3.63) is 144 Å². The minimum atomic E-state index is -1.17. The van der Waals surface area contributed by atoms with E-state index in [1.807, 2.05) is 66.7 Å². The average molecular weight is 683 g/mol. The van der Waals surface area contributed by atoms with Crippen LogP contribution in [-0.4, -0.2) is 62.0 Å². The number of benzene rings is 4. The standard InChI is InChI=1S/C19H17NO4.C12H13NO3.C7H5ClO/c1-13(14-8-4-2-5-9-14)20-17(21)12-16(18(20)22)24-19(23)15-10-6-3-7-11-15;1-8(9-5-3-2-4-6-9)13-11(15)7-10(14)12(13)16;8-7(9)6-4-2-1-3-5-6/h2-11,13,16H,12H2,1H3;2-6,8,10,14H,7H2,1H3;1-5H/t13?,16-;8?,10-;/m11./s1. The zero-order valence-electron chi connectivity index (χ0n) is 26.8. The second kappa shape index (κ2) is 17.1. The van der Waals surface area contributed by atoms with Crippen LogP contribution in [0.5, 0.6) is 0 Å². The van der Waals surface area contributed by atoms with Crippen LogP contribution in [0.2, 0.25) is 0 Å². The summed E-state index contributed by atoms with van der Waals surface area (Å²) >= 11 is 5.16. The van der Waals surface area contributed by atoms with Crippen molar-refractivity contribution in [2.45, 2.75) is 51.0 Å². The molecule has 49 heavy (non-hydrogen) atoms. The maximum Gasteiger partial charge on any atom is 0.338 e. The molecule has 10 nitrogen and oxygen atoms in total. The summed E-state index contributed by atoms with van der Waals surface area (Å²) in [6.07, 6.45) is -2.44. The lowest BCUT2D eigenvalue weighted by Crippen LogP contribution is -2.35. The van der Waals surface area contributed by atoms with E-state index in [0.29, 0.717) is 11.1 Å². The molecule has 2 aliphatic rings. The molecule has 4 atom stereocenters. The smallest absolute Gasteiger partial charge is 0.338 e. The van der Waals surface area contributed by atoms with Gasteiger partial charge in [-0.25, -0.2) is 4.79 Å². The number of carbonyl (C=O) groups excluding carboxylic acids is 6. The number of amides is 4. The fourth-order valence-corrected chi connectivity index (χ4v) is 5.39. The number of nitrogens with zero attached hydrogens (tertiary/aromatic N) is 2. The molecule has 2 aliphatic heterocycles. The lowest BCUT2D eigenvalue weighted by Gasteiger charge is -2.23.